The Hall–Kier alpha value is -2.67. The largest absolute Gasteiger partial charge is 0.479 e. The molecular formula is C17H15N3O3S. The summed E-state index contributed by atoms with van der Waals surface area (Å²) in [7, 11) is 0. The van der Waals surface area contributed by atoms with Crippen LogP contribution in [0.25, 0.3) is 11.4 Å². The molecule has 1 unspecified atom stereocenters. The van der Waals surface area contributed by atoms with Gasteiger partial charge in [-0.05, 0) is 30.5 Å². The molecule has 4 rings (SSSR count). The van der Waals surface area contributed by atoms with E-state index in [0.29, 0.717) is 30.4 Å². The predicted molar refractivity (Wildman–Crippen MR) is 90.2 cm³/mol. The third-order valence-electron chi connectivity index (χ3n) is 3.87. The van der Waals surface area contributed by atoms with Crippen LogP contribution in [0.5, 0.6) is 5.75 Å². The second-order valence-corrected chi connectivity index (χ2v) is 6.27. The van der Waals surface area contributed by atoms with E-state index in [1.54, 1.807) is 23.2 Å². The fourth-order valence-corrected chi connectivity index (χ4v) is 3.30. The molecule has 0 fully saturated rings. The fraction of sp³-hybridized carbons (Fsp3) is 0.235. The van der Waals surface area contributed by atoms with Crippen molar-refractivity contribution >= 4 is 22.9 Å². The van der Waals surface area contributed by atoms with Gasteiger partial charge in [0.1, 0.15) is 5.75 Å². The van der Waals surface area contributed by atoms with Gasteiger partial charge in [-0.1, -0.05) is 17.3 Å². The highest BCUT2D eigenvalue weighted by molar-refractivity contribution is 7.08. The SMILES string of the molecule is CC1Oc2ccccc2N(CCc2nc(-c3ccsc3)no2)C1=O. The van der Waals surface area contributed by atoms with E-state index in [9.17, 15) is 4.79 Å². The van der Waals surface area contributed by atoms with Crippen LogP contribution >= 0.6 is 11.3 Å². The van der Waals surface area contributed by atoms with Crippen LogP contribution in [0.4, 0.5) is 5.69 Å². The van der Waals surface area contributed by atoms with Crippen molar-refractivity contribution < 1.29 is 14.1 Å². The molecule has 0 N–H and O–H groups in total. The fourth-order valence-electron chi connectivity index (χ4n) is 2.66. The zero-order chi connectivity index (χ0) is 16.5. The first-order valence-corrected chi connectivity index (χ1v) is 8.59. The first-order valence-electron chi connectivity index (χ1n) is 7.64. The smallest absolute Gasteiger partial charge is 0.267 e. The van der Waals surface area contributed by atoms with Crippen LogP contribution in [-0.2, 0) is 11.2 Å². The average Bonchev–Trinajstić information content (AvgIpc) is 3.26. The summed E-state index contributed by atoms with van der Waals surface area (Å²) in [5.74, 6) is 1.74. The minimum Gasteiger partial charge on any atom is -0.479 e. The number of rotatable bonds is 4. The van der Waals surface area contributed by atoms with Gasteiger partial charge in [0.25, 0.3) is 5.91 Å². The van der Waals surface area contributed by atoms with Gasteiger partial charge in [0.15, 0.2) is 6.10 Å². The monoisotopic (exact) mass is 341 g/mol. The lowest BCUT2D eigenvalue weighted by atomic mass is 10.2. The number of amides is 1. The Morgan fingerprint density at radius 1 is 1.29 bits per heavy atom. The van der Waals surface area contributed by atoms with Gasteiger partial charge in [-0.3, -0.25) is 4.79 Å². The molecule has 1 aromatic carbocycles. The lowest BCUT2D eigenvalue weighted by Crippen LogP contribution is -2.45. The summed E-state index contributed by atoms with van der Waals surface area (Å²) in [6, 6.07) is 9.48. The summed E-state index contributed by atoms with van der Waals surface area (Å²) in [4.78, 5) is 18.6. The van der Waals surface area contributed by atoms with Crippen LogP contribution in [0.3, 0.4) is 0 Å². The van der Waals surface area contributed by atoms with Gasteiger partial charge in [-0.25, -0.2) is 0 Å². The number of hydrogen-bond donors (Lipinski definition) is 0. The molecule has 2 aromatic heterocycles. The highest BCUT2D eigenvalue weighted by Crippen LogP contribution is 2.33. The van der Waals surface area contributed by atoms with E-state index in [0.717, 1.165) is 11.3 Å². The van der Waals surface area contributed by atoms with Crippen LogP contribution in [0.1, 0.15) is 12.8 Å². The van der Waals surface area contributed by atoms with Gasteiger partial charge in [0.2, 0.25) is 11.7 Å². The molecule has 6 nitrogen and oxygen atoms in total. The molecule has 0 saturated heterocycles. The van der Waals surface area contributed by atoms with Gasteiger partial charge >= 0.3 is 0 Å². The Morgan fingerprint density at radius 3 is 3.00 bits per heavy atom. The van der Waals surface area contributed by atoms with Crippen LogP contribution in [-0.4, -0.2) is 28.7 Å². The topological polar surface area (TPSA) is 68.5 Å². The van der Waals surface area contributed by atoms with E-state index in [1.807, 2.05) is 41.1 Å². The van der Waals surface area contributed by atoms with Gasteiger partial charge in [-0.15, -0.1) is 0 Å². The first-order chi connectivity index (χ1) is 11.7. The molecule has 0 saturated carbocycles. The van der Waals surface area contributed by atoms with E-state index < -0.39 is 6.10 Å². The van der Waals surface area contributed by atoms with Crippen LogP contribution < -0.4 is 9.64 Å². The number of thiophene rings is 1. The Labute approximate surface area is 142 Å². The third kappa shape index (κ3) is 2.67. The van der Waals surface area contributed by atoms with E-state index in [1.165, 1.54) is 0 Å². The van der Waals surface area contributed by atoms with E-state index >= 15 is 0 Å². The van der Waals surface area contributed by atoms with Crippen molar-refractivity contribution in [2.24, 2.45) is 0 Å². The second kappa shape index (κ2) is 6.09. The Kier molecular flexibility index (Phi) is 3.78. The van der Waals surface area contributed by atoms with E-state index in [2.05, 4.69) is 10.1 Å². The zero-order valence-electron chi connectivity index (χ0n) is 13.0. The third-order valence-corrected chi connectivity index (χ3v) is 4.55. The summed E-state index contributed by atoms with van der Waals surface area (Å²) in [5, 5.41) is 7.93. The van der Waals surface area contributed by atoms with Gasteiger partial charge in [0, 0.05) is 23.9 Å². The van der Waals surface area contributed by atoms with Gasteiger partial charge in [0.05, 0.1) is 5.69 Å². The number of ether oxygens (including phenoxy) is 1. The molecule has 0 aliphatic carbocycles. The normalized spacial score (nSPS) is 16.8. The number of benzene rings is 1. The highest BCUT2D eigenvalue weighted by Gasteiger charge is 2.31. The number of aromatic nitrogens is 2. The minimum absolute atomic E-state index is 0.0636. The van der Waals surface area contributed by atoms with E-state index in [-0.39, 0.29) is 5.91 Å². The maximum Gasteiger partial charge on any atom is 0.267 e. The molecule has 122 valence electrons. The molecule has 1 aliphatic rings. The van der Waals surface area contributed by atoms with Crippen molar-refractivity contribution in [1.29, 1.82) is 0 Å². The Balaban J connectivity index is 1.52. The predicted octanol–water partition coefficient (Wildman–Crippen LogP) is 3.15. The summed E-state index contributed by atoms with van der Waals surface area (Å²) in [6.07, 6.45) is -0.00633. The van der Waals surface area contributed by atoms with Crippen molar-refractivity contribution in [2.45, 2.75) is 19.4 Å². The van der Waals surface area contributed by atoms with Crippen molar-refractivity contribution in [3.05, 3.63) is 47.0 Å². The number of nitrogens with zero attached hydrogens (tertiary/aromatic N) is 3. The van der Waals surface area contributed by atoms with Crippen molar-refractivity contribution in [3.8, 4) is 17.1 Å². The Morgan fingerprint density at radius 2 is 2.17 bits per heavy atom. The quantitative estimate of drug-likeness (QED) is 0.729. The number of fused-ring (bicyclic) bond motifs is 1. The molecule has 1 atom stereocenters. The zero-order valence-corrected chi connectivity index (χ0v) is 13.8. The Bertz CT molecular complexity index is 860. The maximum atomic E-state index is 12.4. The summed E-state index contributed by atoms with van der Waals surface area (Å²) >= 11 is 1.58. The first kappa shape index (κ1) is 14.9. The molecule has 1 aliphatic heterocycles. The standard InChI is InChI=1S/C17H15N3O3S/c1-11-17(21)20(13-4-2-3-5-14(13)22-11)8-6-15-18-16(19-23-15)12-7-9-24-10-12/h2-5,7,9-11H,6,8H2,1H3. The minimum atomic E-state index is -0.496. The lowest BCUT2D eigenvalue weighted by molar-refractivity contribution is -0.125. The summed E-state index contributed by atoms with van der Waals surface area (Å²) in [6.45, 7) is 2.22. The molecule has 0 bridgehead atoms. The molecule has 7 heteroatoms. The molecule has 3 heterocycles. The number of carbonyl (C=O) groups is 1. The molecule has 0 spiro atoms. The average molecular weight is 341 g/mol. The van der Waals surface area contributed by atoms with Crippen LogP contribution in [0, 0.1) is 0 Å². The van der Waals surface area contributed by atoms with Crippen LogP contribution in [0.2, 0.25) is 0 Å². The van der Waals surface area contributed by atoms with E-state index in [4.69, 9.17) is 9.26 Å². The maximum absolute atomic E-state index is 12.4. The molecule has 0 radical (unpaired) electrons. The van der Waals surface area contributed by atoms with Crippen molar-refractivity contribution in [1.82, 2.24) is 10.1 Å². The van der Waals surface area contributed by atoms with Gasteiger partial charge in [-0.2, -0.15) is 16.3 Å². The molecule has 24 heavy (non-hydrogen) atoms. The second-order valence-electron chi connectivity index (χ2n) is 5.49. The van der Waals surface area contributed by atoms with Crippen molar-refractivity contribution in [2.75, 3.05) is 11.4 Å². The lowest BCUT2D eigenvalue weighted by Gasteiger charge is -2.32. The molecule has 3 aromatic rings. The number of para-hydroxylation sites is 2. The molecular weight excluding hydrogens is 326 g/mol. The van der Waals surface area contributed by atoms with Gasteiger partial charge < -0.3 is 14.2 Å². The number of anilines is 1. The molecule has 1 amide bonds. The van der Waals surface area contributed by atoms with Crippen LogP contribution in [0.15, 0.2) is 45.6 Å². The van der Waals surface area contributed by atoms with Crippen molar-refractivity contribution in [3.63, 3.8) is 0 Å². The number of carbonyl (C=O) groups excluding carboxylic acids is 1. The highest BCUT2D eigenvalue weighted by atomic mass is 32.1. The summed E-state index contributed by atoms with van der Waals surface area (Å²) in [5.41, 5.74) is 1.72. The summed E-state index contributed by atoms with van der Waals surface area (Å²) < 4.78 is 10.9. The number of hydrogen-bond acceptors (Lipinski definition) is 6.